The first-order valence-electron chi connectivity index (χ1n) is 5.41. The maximum atomic E-state index is 11.9. The fourth-order valence-electron chi connectivity index (χ4n) is 1.96. The van der Waals surface area contributed by atoms with Crippen molar-refractivity contribution in [1.82, 2.24) is 0 Å². The van der Waals surface area contributed by atoms with E-state index < -0.39 is 0 Å². The summed E-state index contributed by atoms with van der Waals surface area (Å²) in [5, 5.41) is 18.4. The Kier molecular flexibility index (Phi) is 3.06. The summed E-state index contributed by atoms with van der Waals surface area (Å²) < 4.78 is 5.27. The average molecular weight is 248 g/mol. The predicted octanol–water partition coefficient (Wildman–Crippen LogP) is 1.89. The Labute approximate surface area is 103 Å². The van der Waals surface area contributed by atoms with Crippen molar-refractivity contribution in [3.05, 3.63) is 35.3 Å². The van der Waals surface area contributed by atoms with Crippen LogP contribution < -0.4 is 4.74 Å². The van der Waals surface area contributed by atoms with Crippen molar-refractivity contribution in [3.63, 3.8) is 0 Å². The van der Waals surface area contributed by atoms with Crippen molar-refractivity contribution in [3.8, 4) is 11.5 Å². The van der Waals surface area contributed by atoms with Crippen molar-refractivity contribution in [2.45, 2.75) is 19.8 Å². The molecule has 5 heteroatoms. The molecule has 0 amide bonds. The number of ketones is 2. The molecule has 0 spiro atoms. The Morgan fingerprint density at radius 2 is 2.22 bits per heavy atom. The van der Waals surface area contributed by atoms with Gasteiger partial charge in [0.25, 0.3) is 0 Å². The molecule has 1 heterocycles. The Balaban J connectivity index is 2.55. The number of aliphatic hydroxyl groups excluding tert-OH is 1. The van der Waals surface area contributed by atoms with Gasteiger partial charge in [-0.3, -0.25) is 9.59 Å². The number of aliphatic hydroxyl groups is 1. The predicted molar refractivity (Wildman–Crippen MR) is 62.8 cm³/mol. The summed E-state index contributed by atoms with van der Waals surface area (Å²) in [7, 11) is 0. The number of Topliss-reactive ketones (excluding diaryl/α,β-unsaturated/α-hetero) is 2. The first-order valence-corrected chi connectivity index (χ1v) is 5.41. The molecule has 0 saturated heterocycles. The number of hydrogen-bond acceptors (Lipinski definition) is 5. The summed E-state index contributed by atoms with van der Waals surface area (Å²) in [6, 6.07) is 2.68. The summed E-state index contributed by atoms with van der Waals surface area (Å²) in [4.78, 5) is 23.1. The second-order valence-electron chi connectivity index (χ2n) is 4.15. The van der Waals surface area contributed by atoms with Crippen molar-refractivity contribution >= 4 is 11.6 Å². The van der Waals surface area contributed by atoms with Crippen LogP contribution in [0.5, 0.6) is 11.5 Å². The van der Waals surface area contributed by atoms with Gasteiger partial charge in [-0.15, -0.1) is 0 Å². The van der Waals surface area contributed by atoms with Crippen LogP contribution in [0, 0.1) is 0 Å². The number of carbonyl (C=O) groups is 2. The van der Waals surface area contributed by atoms with E-state index in [0.29, 0.717) is 11.1 Å². The molecule has 0 aromatic heterocycles. The fraction of sp³-hybridized carbons (Fsp3) is 0.231. The molecule has 0 bridgehead atoms. The maximum Gasteiger partial charge on any atom is 0.174 e. The monoisotopic (exact) mass is 248 g/mol. The lowest BCUT2D eigenvalue weighted by atomic mass is 9.94. The van der Waals surface area contributed by atoms with E-state index in [4.69, 9.17) is 9.84 Å². The van der Waals surface area contributed by atoms with Gasteiger partial charge in [-0.05, 0) is 18.6 Å². The molecule has 94 valence electrons. The van der Waals surface area contributed by atoms with Crippen LogP contribution in [0.2, 0.25) is 0 Å². The highest BCUT2D eigenvalue weighted by Gasteiger charge is 2.26. The third-order valence-electron chi connectivity index (χ3n) is 2.61. The number of fused-ring (bicyclic) bond motifs is 1. The average Bonchev–Trinajstić information content (AvgIpc) is 2.26. The number of ether oxygens (including phenoxy) is 1. The molecular weight excluding hydrogens is 236 g/mol. The van der Waals surface area contributed by atoms with Gasteiger partial charge in [0, 0.05) is 12.5 Å². The zero-order chi connectivity index (χ0) is 13.3. The standard InChI is InChI=1S/C13H12O5/c1-7(15)2-8-3-9(16)4-12-13(8)11(17)5-10(6-14)18-12/h3-4,6,14,16H,2,5H2,1H3. The van der Waals surface area contributed by atoms with Crippen LogP contribution >= 0.6 is 0 Å². The molecule has 2 rings (SSSR count). The first kappa shape index (κ1) is 12.2. The van der Waals surface area contributed by atoms with E-state index in [-0.39, 0.29) is 41.7 Å². The number of hydrogen-bond donors (Lipinski definition) is 2. The molecule has 0 fully saturated rings. The topological polar surface area (TPSA) is 83.8 Å². The normalized spacial score (nSPS) is 16.3. The van der Waals surface area contributed by atoms with Crippen LogP contribution in [0.4, 0.5) is 0 Å². The van der Waals surface area contributed by atoms with Crippen molar-refractivity contribution < 1.29 is 24.5 Å². The maximum absolute atomic E-state index is 11.9. The minimum Gasteiger partial charge on any atom is -0.512 e. The summed E-state index contributed by atoms with van der Waals surface area (Å²) >= 11 is 0. The van der Waals surface area contributed by atoms with Crippen molar-refractivity contribution in [2.24, 2.45) is 0 Å². The van der Waals surface area contributed by atoms with E-state index in [1.54, 1.807) is 0 Å². The zero-order valence-electron chi connectivity index (χ0n) is 9.77. The second-order valence-corrected chi connectivity index (χ2v) is 4.15. The van der Waals surface area contributed by atoms with Gasteiger partial charge in [-0.1, -0.05) is 0 Å². The number of phenolic OH excluding ortho intramolecular Hbond substituents is 1. The van der Waals surface area contributed by atoms with Gasteiger partial charge in [-0.2, -0.15) is 0 Å². The molecule has 1 aromatic rings. The van der Waals surface area contributed by atoms with Gasteiger partial charge >= 0.3 is 0 Å². The van der Waals surface area contributed by atoms with Gasteiger partial charge in [0.05, 0.1) is 12.0 Å². The van der Waals surface area contributed by atoms with E-state index >= 15 is 0 Å². The lowest BCUT2D eigenvalue weighted by Crippen LogP contribution is -2.17. The summed E-state index contributed by atoms with van der Waals surface area (Å²) in [6.45, 7) is 1.41. The quantitative estimate of drug-likeness (QED) is 0.781. The molecule has 0 aliphatic carbocycles. The molecule has 18 heavy (non-hydrogen) atoms. The number of aromatic hydroxyl groups is 1. The minimum atomic E-state index is -0.243. The van der Waals surface area contributed by atoms with Gasteiger partial charge in [0.1, 0.15) is 29.3 Å². The third kappa shape index (κ3) is 2.20. The number of allylic oxidation sites excluding steroid dienone is 1. The van der Waals surface area contributed by atoms with Crippen LogP contribution in [0.3, 0.4) is 0 Å². The SMILES string of the molecule is CC(=O)Cc1cc(O)cc2c1C(=O)CC(=CO)O2. The van der Waals surface area contributed by atoms with Crippen LogP contribution in [0.25, 0.3) is 0 Å². The second kappa shape index (κ2) is 4.52. The molecule has 0 radical (unpaired) electrons. The highest BCUT2D eigenvalue weighted by molar-refractivity contribution is 6.03. The first-order chi connectivity index (χ1) is 8.51. The van der Waals surface area contributed by atoms with E-state index in [9.17, 15) is 14.7 Å². The molecule has 1 aliphatic heterocycles. The Hall–Kier alpha value is -2.30. The van der Waals surface area contributed by atoms with E-state index in [1.807, 2.05) is 0 Å². The Morgan fingerprint density at radius 3 is 2.83 bits per heavy atom. The minimum absolute atomic E-state index is 0.0564. The smallest absolute Gasteiger partial charge is 0.174 e. The number of rotatable bonds is 2. The zero-order valence-corrected chi connectivity index (χ0v) is 9.77. The summed E-state index contributed by atoms with van der Waals surface area (Å²) in [5.41, 5.74) is 0.744. The van der Waals surface area contributed by atoms with Crippen LogP contribution in [-0.4, -0.2) is 21.8 Å². The molecule has 1 aromatic carbocycles. The van der Waals surface area contributed by atoms with Crippen LogP contribution in [0.15, 0.2) is 24.2 Å². The molecule has 0 atom stereocenters. The lowest BCUT2D eigenvalue weighted by Gasteiger charge is -2.20. The Bertz CT molecular complexity index is 557. The van der Waals surface area contributed by atoms with Crippen LogP contribution in [-0.2, 0) is 11.2 Å². The lowest BCUT2D eigenvalue weighted by molar-refractivity contribution is -0.116. The van der Waals surface area contributed by atoms with E-state index in [1.165, 1.54) is 19.1 Å². The molecule has 2 N–H and O–H groups in total. The third-order valence-corrected chi connectivity index (χ3v) is 2.61. The van der Waals surface area contributed by atoms with Gasteiger partial charge in [-0.25, -0.2) is 0 Å². The van der Waals surface area contributed by atoms with E-state index in [2.05, 4.69) is 0 Å². The summed E-state index contributed by atoms with van der Waals surface area (Å²) in [5.74, 6) is -0.154. The summed E-state index contributed by atoms with van der Waals surface area (Å²) in [6.07, 6.45) is 0.721. The largest absolute Gasteiger partial charge is 0.512 e. The highest BCUT2D eigenvalue weighted by atomic mass is 16.5. The molecule has 5 nitrogen and oxygen atoms in total. The van der Waals surface area contributed by atoms with Crippen molar-refractivity contribution in [2.75, 3.05) is 0 Å². The van der Waals surface area contributed by atoms with E-state index in [0.717, 1.165) is 6.26 Å². The van der Waals surface area contributed by atoms with Crippen LogP contribution in [0.1, 0.15) is 29.3 Å². The van der Waals surface area contributed by atoms with Crippen molar-refractivity contribution in [1.29, 1.82) is 0 Å². The fourth-order valence-corrected chi connectivity index (χ4v) is 1.96. The number of carbonyl (C=O) groups excluding carboxylic acids is 2. The molecular formula is C13H12O5. The molecule has 1 aliphatic rings. The molecule has 0 unspecified atom stereocenters. The highest BCUT2D eigenvalue weighted by Crippen LogP contribution is 2.35. The number of phenols is 1. The Morgan fingerprint density at radius 1 is 1.50 bits per heavy atom. The number of benzene rings is 1. The molecule has 0 saturated carbocycles. The van der Waals surface area contributed by atoms with Gasteiger partial charge in [0.15, 0.2) is 5.78 Å². The van der Waals surface area contributed by atoms with Gasteiger partial charge in [0.2, 0.25) is 0 Å². The van der Waals surface area contributed by atoms with Gasteiger partial charge < -0.3 is 14.9 Å².